The highest BCUT2D eigenvalue weighted by molar-refractivity contribution is 6.00. The van der Waals surface area contributed by atoms with E-state index in [1.54, 1.807) is 13.4 Å². The van der Waals surface area contributed by atoms with Gasteiger partial charge in [0.2, 0.25) is 0 Å². The van der Waals surface area contributed by atoms with Crippen molar-refractivity contribution in [3.8, 4) is 11.5 Å². The average Bonchev–Trinajstić information content (AvgIpc) is 3.38. The molecule has 7 nitrogen and oxygen atoms in total. The van der Waals surface area contributed by atoms with E-state index in [1.165, 1.54) is 0 Å². The van der Waals surface area contributed by atoms with E-state index in [9.17, 15) is 4.79 Å². The minimum Gasteiger partial charge on any atom is -0.383 e. The lowest BCUT2D eigenvalue weighted by Crippen LogP contribution is -2.28. The standard InChI is InChI=1S/C18H21N5O2/c1-25-11-10-21-12-14(19-13-21)17-20-16(15-6-2-3-9-23(15)17)18(24)22-7-4-5-8-22/h2-3,6,9,12-13H,4-5,7-8,10-11H2,1H3. The van der Waals surface area contributed by atoms with Gasteiger partial charge in [-0.2, -0.15) is 0 Å². The molecule has 1 fully saturated rings. The highest BCUT2D eigenvalue weighted by atomic mass is 16.5. The number of carbonyl (C=O) groups is 1. The van der Waals surface area contributed by atoms with Crippen molar-refractivity contribution in [2.75, 3.05) is 26.8 Å². The summed E-state index contributed by atoms with van der Waals surface area (Å²) in [5.74, 6) is 0.695. The predicted octanol–water partition coefficient (Wildman–Crippen LogP) is 2.08. The Bertz CT molecular complexity index is 892. The maximum absolute atomic E-state index is 12.9. The number of imidazole rings is 2. The molecule has 1 aliphatic rings. The van der Waals surface area contributed by atoms with E-state index < -0.39 is 0 Å². The van der Waals surface area contributed by atoms with Crippen molar-refractivity contribution in [1.82, 2.24) is 23.8 Å². The van der Waals surface area contributed by atoms with E-state index in [0.29, 0.717) is 18.1 Å². The number of rotatable bonds is 5. The normalized spacial score (nSPS) is 14.5. The molecular weight excluding hydrogens is 318 g/mol. The molecule has 25 heavy (non-hydrogen) atoms. The summed E-state index contributed by atoms with van der Waals surface area (Å²) >= 11 is 0. The summed E-state index contributed by atoms with van der Waals surface area (Å²) < 4.78 is 9.00. The summed E-state index contributed by atoms with van der Waals surface area (Å²) in [5.41, 5.74) is 2.07. The van der Waals surface area contributed by atoms with Gasteiger partial charge in [0.15, 0.2) is 11.5 Å². The summed E-state index contributed by atoms with van der Waals surface area (Å²) in [4.78, 5) is 23.9. The minimum absolute atomic E-state index is 0.00580. The molecule has 0 atom stereocenters. The molecule has 0 N–H and O–H groups in total. The zero-order valence-corrected chi connectivity index (χ0v) is 14.3. The van der Waals surface area contributed by atoms with Crippen LogP contribution in [0.2, 0.25) is 0 Å². The molecule has 4 heterocycles. The predicted molar refractivity (Wildman–Crippen MR) is 93.4 cm³/mol. The number of methoxy groups -OCH3 is 1. The first-order valence-corrected chi connectivity index (χ1v) is 8.55. The molecule has 130 valence electrons. The third kappa shape index (κ3) is 2.91. The Kier molecular flexibility index (Phi) is 4.23. The molecule has 0 bridgehead atoms. The number of hydrogen-bond donors (Lipinski definition) is 0. The summed E-state index contributed by atoms with van der Waals surface area (Å²) in [7, 11) is 1.68. The van der Waals surface area contributed by atoms with Gasteiger partial charge in [0.1, 0.15) is 5.69 Å². The van der Waals surface area contributed by atoms with Crippen LogP contribution in [0.4, 0.5) is 0 Å². The van der Waals surface area contributed by atoms with E-state index in [2.05, 4.69) is 9.97 Å². The van der Waals surface area contributed by atoms with Crippen LogP contribution in [0.3, 0.4) is 0 Å². The van der Waals surface area contributed by atoms with Crippen molar-refractivity contribution in [3.05, 3.63) is 42.6 Å². The number of ether oxygens (including phenoxy) is 1. The Hall–Kier alpha value is -2.67. The quantitative estimate of drug-likeness (QED) is 0.714. The largest absolute Gasteiger partial charge is 0.383 e. The Morgan fingerprint density at radius 1 is 1.28 bits per heavy atom. The molecule has 0 spiro atoms. The monoisotopic (exact) mass is 339 g/mol. The minimum atomic E-state index is 0.00580. The van der Waals surface area contributed by atoms with E-state index in [1.807, 2.05) is 44.5 Å². The third-order valence-electron chi connectivity index (χ3n) is 4.56. The number of hydrogen-bond acceptors (Lipinski definition) is 4. The van der Waals surface area contributed by atoms with Crippen LogP contribution in [0.1, 0.15) is 23.3 Å². The molecule has 3 aromatic heterocycles. The van der Waals surface area contributed by atoms with Crippen molar-refractivity contribution >= 4 is 11.4 Å². The molecule has 1 aliphatic heterocycles. The second-order valence-electron chi connectivity index (χ2n) is 6.23. The van der Waals surface area contributed by atoms with Gasteiger partial charge in [0.25, 0.3) is 5.91 Å². The van der Waals surface area contributed by atoms with Crippen LogP contribution < -0.4 is 0 Å². The van der Waals surface area contributed by atoms with Crippen molar-refractivity contribution in [2.45, 2.75) is 19.4 Å². The average molecular weight is 339 g/mol. The second-order valence-corrected chi connectivity index (χ2v) is 6.23. The van der Waals surface area contributed by atoms with Crippen LogP contribution in [0.25, 0.3) is 17.0 Å². The molecule has 1 amide bonds. The van der Waals surface area contributed by atoms with Crippen LogP contribution in [-0.2, 0) is 11.3 Å². The van der Waals surface area contributed by atoms with Gasteiger partial charge in [-0.05, 0) is 25.0 Å². The van der Waals surface area contributed by atoms with E-state index in [4.69, 9.17) is 4.74 Å². The van der Waals surface area contributed by atoms with Crippen molar-refractivity contribution in [3.63, 3.8) is 0 Å². The molecule has 0 aliphatic carbocycles. The summed E-state index contributed by atoms with van der Waals surface area (Å²) in [6, 6.07) is 5.80. The number of nitrogens with zero attached hydrogens (tertiary/aromatic N) is 5. The first-order valence-electron chi connectivity index (χ1n) is 8.55. The Balaban J connectivity index is 1.74. The van der Waals surface area contributed by atoms with Crippen LogP contribution in [-0.4, -0.2) is 56.5 Å². The topological polar surface area (TPSA) is 64.7 Å². The first-order chi connectivity index (χ1) is 12.3. The van der Waals surface area contributed by atoms with Gasteiger partial charge in [0, 0.05) is 39.1 Å². The maximum atomic E-state index is 12.9. The molecule has 7 heteroatoms. The van der Waals surface area contributed by atoms with Crippen molar-refractivity contribution < 1.29 is 9.53 Å². The molecule has 0 aromatic carbocycles. The Morgan fingerprint density at radius 3 is 2.92 bits per heavy atom. The van der Waals surface area contributed by atoms with Crippen LogP contribution in [0, 0.1) is 0 Å². The lowest BCUT2D eigenvalue weighted by Gasteiger charge is -2.13. The van der Waals surface area contributed by atoms with Gasteiger partial charge >= 0.3 is 0 Å². The summed E-state index contributed by atoms with van der Waals surface area (Å²) in [5, 5.41) is 0. The number of amides is 1. The maximum Gasteiger partial charge on any atom is 0.274 e. The first kappa shape index (κ1) is 15.8. The van der Waals surface area contributed by atoms with E-state index in [0.717, 1.165) is 43.7 Å². The van der Waals surface area contributed by atoms with E-state index >= 15 is 0 Å². The van der Waals surface area contributed by atoms with Crippen LogP contribution in [0.5, 0.6) is 0 Å². The molecule has 4 rings (SSSR count). The van der Waals surface area contributed by atoms with Crippen molar-refractivity contribution in [1.29, 1.82) is 0 Å². The highest BCUT2D eigenvalue weighted by Gasteiger charge is 2.25. The van der Waals surface area contributed by atoms with Crippen LogP contribution in [0.15, 0.2) is 36.9 Å². The SMILES string of the molecule is COCCn1cnc(-c2nc(C(=O)N3CCCC3)c3ccccn23)c1. The molecule has 3 aromatic rings. The second kappa shape index (κ2) is 6.68. The fourth-order valence-corrected chi connectivity index (χ4v) is 3.24. The smallest absolute Gasteiger partial charge is 0.274 e. The van der Waals surface area contributed by atoms with Crippen molar-refractivity contribution in [2.24, 2.45) is 0 Å². The summed E-state index contributed by atoms with van der Waals surface area (Å²) in [6.07, 6.45) is 7.75. The van der Waals surface area contributed by atoms with Gasteiger partial charge in [-0.1, -0.05) is 6.07 Å². The molecule has 0 unspecified atom stereocenters. The highest BCUT2D eigenvalue weighted by Crippen LogP contribution is 2.23. The number of carbonyl (C=O) groups excluding carboxylic acids is 1. The van der Waals surface area contributed by atoms with Gasteiger partial charge in [0.05, 0.1) is 18.5 Å². The Labute approximate surface area is 145 Å². The number of pyridine rings is 1. The van der Waals surface area contributed by atoms with Gasteiger partial charge < -0.3 is 14.2 Å². The zero-order chi connectivity index (χ0) is 17.2. The fraction of sp³-hybridized carbons (Fsp3) is 0.389. The molecule has 0 saturated carbocycles. The molecule has 1 saturated heterocycles. The lowest BCUT2D eigenvalue weighted by atomic mass is 10.3. The number of aromatic nitrogens is 4. The third-order valence-corrected chi connectivity index (χ3v) is 4.56. The Morgan fingerprint density at radius 2 is 2.12 bits per heavy atom. The van der Waals surface area contributed by atoms with Crippen LogP contribution >= 0.6 is 0 Å². The number of fused-ring (bicyclic) bond motifs is 1. The van der Waals surface area contributed by atoms with Gasteiger partial charge in [-0.3, -0.25) is 9.20 Å². The molecule has 0 radical (unpaired) electrons. The molecular formula is C18H21N5O2. The summed E-state index contributed by atoms with van der Waals surface area (Å²) in [6.45, 7) is 2.97. The van der Waals surface area contributed by atoms with Gasteiger partial charge in [-0.15, -0.1) is 0 Å². The number of likely N-dealkylation sites (tertiary alicyclic amines) is 1. The fourth-order valence-electron chi connectivity index (χ4n) is 3.24. The lowest BCUT2D eigenvalue weighted by molar-refractivity contribution is 0.0789. The van der Waals surface area contributed by atoms with E-state index in [-0.39, 0.29) is 5.91 Å². The zero-order valence-electron chi connectivity index (χ0n) is 14.3. The van der Waals surface area contributed by atoms with Gasteiger partial charge in [-0.25, -0.2) is 9.97 Å².